The fourth-order valence-electron chi connectivity index (χ4n) is 3.97. The average Bonchev–Trinajstić information content (AvgIpc) is 3.40. The van der Waals surface area contributed by atoms with E-state index in [1.165, 1.54) is 5.56 Å². The number of nitrogens with zero attached hydrogens (tertiary/aromatic N) is 3. The molecule has 2 amide bonds. The molecule has 1 unspecified atom stereocenters. The number of para-hydroxylation sites is 1. The number of nitrogens with one attached hydrogen (secondary N) is 2. The van der Waals surface area contributed by atoms with Gasteiger partial charge in [-0.1, -0.05) is 48.5 Å². The number of urea groups is 1. The molecule has 2 aromatic carbocycles. The number of methoxy groups -OCH3 is 1. The molecule has 2 heterocycles. The van der Waals surface area contributed by atoms with Crippen LogP contribution in [0.2, 0.25) is 0 Å². The highest BCUT2D eigenvalue weighted by Gasteiger charge is 2.34. The van der Waals surface area contributed by atoms with Crippen molar-refractivity contribution >= 4 is 11.8 Å². The number of carbonyl (C=O) groups excluding carboxylic acids is 1. The number of ether oxygens (including phenoxy) is 1. The minimum atomic E-state index is -0.229. The number of anilines is 1. The van der Waals surface area contributed by atoms with Crippen molar-refractivity contribution in [3.05, 3.63) is 78.5 Å². The monoisotopic (exact) mass is 405 g/mol. The lowest BCUT2D eigenvalue weighted by Crippen LogP contribution is -2.42. The van der Waals surface area contributed by atoms with Gasteiger partial charge in [0.1, 0.15) is 5.82 Å². The Morgan fingerprint density at radius 1 is 1.07 bits per heavy atom. The minimum absolute atomic E-state index is 0.0114. The van der Waals surface area contributed by atoms with Gasteiger partial charge in [0, 0.05) is 38.7 Å². The topological polar surface area (TPSA) is 71.4 Å². The molecule has 1 aromatic heterocycles. The van der Waals surface area contributed by atoms with Crippen molar-refractivity contribution in [2.45, 2.75) is 12.0 Å². The Morgan fingerprint density at radius 3 is 2.53 bits per heavy atom. The molecule has 3 aromatic rings. The lowest BCUT2D eigenvalue weighted by Gasteiger charge is -2.20. The summed E-state index contributed by atoms with van der Waals surface area (Å²) < 4.78 is 6.95. The van der Waals surface area contributed by atoms with Crippen molar-refractivity contribution in [3.8, 4) is 5.69 Å². The van der Waals surface area contributed by atoms with E-state index in [9.17, 15) is 4.79 Å². The summed E-state index contributed by atoms with van der Waals surface area (Å²) in [5.74, 6) is 0.858. The summed E-state index contributed by atoms with van der Waals surface area (Å²) in [4.78, 5) is 15.2. The molecule has 156 valence electrons. The predicted octanol–water partition coefficient (Wildman–Crippen LogP) is 3.11. The molecule has 0 spiro atoms. The molecule has 30 heavy (non-hydrogen) atoms. The molecule has 0 aliphatic carbocycles. The van der Waals surface area contributed by atoms with E-state index in [1.54, 1.807) is 24.1 Å². The highest BCUT2D eigenvalue weighted by molar-refractivity contribution is 5.89. The van der Waals surface area contributed by atoms with Crippen LogP contribution in [0.25, 0.3) is 5.69 Å². The standard InChI is InChI=1S/C23H27N5O2/c1-30-15-14-27-16-20(18-8-4-2-5-9-18)21(17-27)25-23(29)26-22-12-13-24-28(22)19-10-6-3-7-11-19/h2-13,20-21H,14-17H2,1H3,(H2,25,26,29)/t20?,21-/m1/s1. The Labute approximate surface area is 176 Å². The van der Waals surface area contributed by atoms with E-state index >= 15 is 0 Å². The van der Waals surface area contributed by atoms with Gasteiger partial charge in [-0.2, -0.15) is 5.10 Å². The van der Waals surface area contributed by atoms with E-state index in [1.807, 2.05) is 48.5 Å². The Kier molecular flexibility index (Phi) is 6.41. The van der Waals surface area contributed by atoms with Gasteiger partial charge in [-0.05, 0) is 17.7 Å². The Balaban J connectivity index is 1.45. The highest BCUT2D eigenvalue weighted by atomic mass is 16.5. The lowest BCUT2D eigenvalue weighted by atomic mass is 9.94. The third-order valence-corrected chi connectivity index (χ3v) is 5.44. The van der Waals surface area contributed by atoms with Crippen molar-refractivity contribution in [2.24, 2.45) is 0 Å². The largest absolute Gasteiger partial charge is 0.383 e. The van der Waals surface area contributed by atoms with Crippen LogP contribution >= 0.6 is 0 Å². The van der Waals surface area contributed by atoms with Gasteiger partial charge in [0.15, 0.2) is 0 Å². The summed E-state index contributed by atoms with van der Waals surface area (Å²) in [5.41, 5.74) is 2.13. The fraction of sp³-hybridized carbons (Fsp3) is 0.304. The molecule has 7 nitrogen and oxygen atoms in total. The molecule has 2 N–H and O–H groups in total. The van der Waals surface area contributed by atoms with Crippen molar-refractivity contribution in [3.63, 3.8) is 0 Å². The van der Waals surface area contributed by atoms with Crippen LogP contribution in [0.15, 0.2) is 72.9 Å². The molecule has 4 rings (SSSR count). The summed E-state index contributed by atoms with van der Waals surface area (Å²) >= 11 is 0. The molecule has 1 saturated heterocycles. The predicted molar refractivity (Wildman–Crippen MR) is 117 cm³/mol. The molecular formula is C23H27N5O2. The lowest BCUT2D eigenvalue weighted by molar-refractivity contribution is 0.159. The molecule has 1 aliphatic rings. The summed E-state index contributed by atoms with van der Waals surface area (Å²) in [6.45, 7) is 3.20. The first-order valence-corrected chi connectivity index (χ1v) is 10.2. The van der Waals surface area contributed by atoms with E-state index in [-0.39, 0.29) is 18.0 Å². The summed E-state index contributed by atoms with van der Waals surface area (Å²) in [6, 6.07) is 21.7. The van der Waals surface area contributed by atoms with Crippen molar-refractivity contribution in [2.75, 3.05) is 38.7 Å². The van der Waals surface area contributed by atoms with Crippen LogP contribution in [0, 0.1) is 0 Å². The van der Waals surface area contributed by atoms with Crippen LogP contribution in [0.3, 0.4) is 0 Å². The van der Waals surface area contributed by atoms with E-state index in [0.29, 0.717) is 12.4 Å². The van der Waals surface area contributed by atoms with Gasteiger partial charge in [-0.15, -0.1) is 0 Å². The van der Waals surface area contributed by atoms with Gasteiger partial charge in [0.25, 0.3) is 0 Å². The molecule has 2 atom stereocenters. The SMILES string of the molecule is COCCN1CC(c2ccccc2)[C@H](NC(=O)Nc2ccnn2-c2ccccc2)C1. The van der Waals surface area contributed by atoms with Crippen molar-refractivity contribution in [1.29, 1.82) is 0 Å². The number of hydrogen-bond acceptors (Lipinski definition) is 4. The van der Waals surface area contributed by atoms with E-state index in [2.05, 4.69) is 32.8 Å². The van der Waals surface area contributed by atoms with Gasteiger partial charge in [-0.3, -0.25) is 10.2 Å². The minimum Gasteiger partial charge on any atom is -0.383 e. The normalized spacial score (nSPS) is 19.0. The summed E-state index contributed by atoms with van der Waals surface area (Å²) in [5, 5.41) is 10.5. The molecule has 0 radical (unpaired) electrons. The molecule has 7 heteroatoms. The van der Waals surface area contributed by atoms with E-state index in [0.717, 1.165) is 25.3 Å². The van der Waals surface area contributed by atoms with Gasteiger partial charge in [0.2, 0.25) is 0 Å². The molecule has 0 saturated carbocycles. The second kappa shape index (κ2) is 9.56. The third-order valence-electron chi connectivity index (χ3n) is 5.44. The maximum atomic E-state index is 12.8. The summed E-state index contributed by atoms with van der Waals surface area (Å²) in [7, 11) is 1.71. The number of carbonyl (C=O) groups is 1. The smallest absolute Gasteiger partial charge is 0.320 e. The number of aromatic nitrogens is 2. The number of likely N-dealkylation sites (tertiary alicyclic amines) is 1. The maximum absolute atomic E-state index is 12.8. The van der Waals surface area contributed by atoms with Gasteiger partial charge in [0.05, 0.1) is 24.5 Å². The second-order valence-corrected chi connectivity index (χ2v) is 7.44. The quantitative estimate of drug-likeness (QED) is 0.634. The Morgan fingerprint density at radius 2 is 1.80 bits per heavy atom. The van der Waals surface area contributed by atoms with Crippen LogP contribution in [0.1, 0.15) is 11.5 Å². The van der Waals surface area contributed by atoms with Gasteiger partial charge in [-0.25, -0.2) is 9.48 Å². The zero-order valence-corrected chi connectivity index (χ0v) is 17.1. The first-order valence-electron chi connectivity index (χ1n) is 10.2. The van der Waals surface area contributed by atoms with Crippen LogP contribution in [0.5, 0.6) is 0 Å². The van der Waals surface area contributed by atoms with Crippen LogP contribution in [-0.2, 0) is 4.74 Å². The first kappa shape index (κ1) is 20.1. The van der Waals surface area contributed by atoms with Crippen LogP contribution in [0.4, 0.5) is 10.6 Å². The first-order chi connectivity index (χ1) is 14.7. The number of amides is 2. The number of benzene rings is 2. The van der Waals surface area contributed by atoms with Crippen LogP contribution < -0.4 is 10.6 Å². The fourth-order valence-corrected chi connectivity index (χ4v) is 3.97. The second-order valence-electron chi connectivity index (χ2n) is 7.44. The Hall–Kier alpha value is -3.16. The molecule has 1 fully saturated rings. The van der Waals surface area contributed by atoms with E-state index in [4.69, 9.17) is 4.74 Å². The Bertz CT molecular complexity index is 944. The average molecular weight is 406 g/mol. The molecular weight excluding hydrogens is 378 g/mol. The van der Waals surface area contributed by atoms with Gasteiger partial charge >= 0.3 is 6.03 Å². The molecule has 1 aliphatic heterocycles. The zero-order chi connectivity index (χ0) is 20.8. The highest BCUT2D eigenvalue weighted by Crippen LogP contribution is 2.27. The van der Waals surface area contributed by atoms with Gasteiger partial charge < -0.3 is 10.1 Å². The number of rotatable bonds is 7. The third kappa shape index (κ3) is 4.69. The zero-order valence-electron chi connectivity index (χ0n) is 17.1. The van der Waals surface area contributed by atoms with E-state index < -0.39 is 0 Å². The maximum Gasteiger partial charge on any atom is 0.320 e. The number of hydrogen-bond donors (Lipinski definition) is 2. The summed E-state index contributed by atoms with van der Waals surface area (Å²) in [6.07, 6.45) is 1.68. The van der Waals surface area contributed by atoms with Crippen molar-refractivity contribution < 1.29 is 9.53 Å². The molecule has 0 bridgehead atoms. The van der Waals surface area contributed by atoms with Crippen molar-refractivity contribution in [1.82, 2.24) is 20.0 Å². The van der Waals surface area contributed by atoms with Crippen LogP contribution in [-0.4, -0.2) is 60.1 Å².